The maximum atomic E-state index is 15.3. The van der Waals surface area contributed by atoms with Crippen LogP contribution in [0.1, 0.15) is 196 Å². The maximum absolute atomic E-state index is 15.3. The number of aromatic amines is 1. The lowest BCUT2D eigenvalue weighted by Gasteiger charge is -2.63. The van der Waals surface area contributed by atoms with E-state index in [1.54, 1.807) is 29.8 Å². The van der Waals surface area contributed by atoms with Crippen molar-refractivity contribution in [1.29, 1.82) is 0 Å². The minimum atomic E-state index is -2.84. The summed E-state index contributed by atoms with van der Waals surface area (Å²) in [5.74, 6) is -5.58. The molecule has 1 aromatic heterocycles. The predicted octanol–water partition coefficient (Wildman–Crippen LogP) is 7.17. The average molecular weight is 1990 g/mol. The number of aromatic hydroxyl groups is 2. The fourth-order valence-corrected chi connectivity index (χ4v) is 29.7. The topological polar surface area (TPSA) is 510 Å². The van der Waals surface area contributed by atoms with Gasteiger partial charge in [0.1, 0.15) is 58.6 Å². The minimum absolute atomic E-state index is 0.0173. The number of esters is 3. The number of fused-ring (bicyclic) bond motifs is 14. The van der Waals surface area contributed by atoms with E-state index in [4.69, 9.17) is 66.6 Å². The minimum Gasteiger partial charge on any atom is -0.507 e. The van der Waals surface area contributed by atoms with Gasteiger partial charge in [0.2, 0.25) is 17.8 Å². The van der Waals surface area contributed by atoms with Gasteiger partial charge in [0.05, 0.1) is 87.4 Å². The normalized spacial score (nSPS) is 35.8. The van der Waals surface area contributed by atoms with Gasteiger partial charge in [0.25, 0.3) is 0 Å². The zero-order chi connectivity index (χ0) is 100. The number of carbonyl (C=O) groups is 10. The molecule has 7 aliphatic carbocycles. The Kier molecular flexibility index (Phi) is 28.8. The molecule has 2 unspecified atom stereocenters. The van der Waals surface area contributed by atoms with E-state index in [0.29, 0.717) is 144 Å². The van der Waals surface area contributed by atoms with Crippen molar-refractivity contribution >= 4 is 106 Å². The number of para-hydroxylation sites is 1. The zero-order valence-electron chi connectivity index (χ0n) is 79.7. The lowest BCUT2D eigenvalue weighted by molar-refractivity contribution is -0.247. The number of phenolic OH excluding ortho intramolecular Hbond substituents is 2. The number of hydrogen-bond acceptors (Lipinski definition) is 31. The number of benzene rings is 4. The summed E-state index contributed by atoms with van der Waals surface area (Å²) in [5, 5.41) is 103. The second-order valence-corrected chi connectivity index (χ2v) is 43.2. The summed E-state index contributed by atoms with van der Waals surface area (Å²) in [6.07, 6.45) is 9.42. The van der Waals surface area contributed by atoms with E-state index >= 15 is 4.79 Å². The Labute approximate surface area is 814 Å². The number of anilines is 1. The van der Waals surface area contributed by atoms with Gasteiger partial charge in [-0.3, -0.25) is 57.5 Å². The lowest BCUT2D eigenvalue weighted by Crippen LogP contribution is -2.81. The number of piperidine rings is 1. The molecule has 139 heavy (non-hydrogen) atoms. The lowest BCUT2D eigenvalue weighted by atomic mass is 9.46. The molecule has 35 nitrogen and oxygen atoms in total. The molecule has 13 N–H and O–H groups in total. The molecule has 752 valence electrons. The molecular weight excluding hydrogens is 1860 g/mol. The fraction of sp³-hybridized carbons (Fsp3) is 0.584. The van der Waals surface area contributed by atoms with Crippen molar-refractivity contribution in [3.05, 3.63) is 146 Å². The molecule has 19 rings (SSSR count). The molecule has 2 bridgehead atoms. The number of ether oxygens (including phenoxy) is 7. The van der Waals surface area contributed by atoms with Crippen LogP contribution in [0.4, 0.5) is 5.69 Å². The standard InChI is InChI=1S/C46H56N4O10.C27H29NO11.C21H26O5.C7H15Cl2N2O2P/c1-7-42(55)22-28-23-45(40(53)58-5,36-30(14-18-48(24-28)25-42)29-12-9-10-13-33(29)47-36)32-20-31-34(21-35(32)57-4)50(26-51)38-44(31)16-19-49-17-11-15-43(8-2,37(44)49)39(60-27(3)52)46(38,56)41(54)59-6;1-10-22(31)13(28)6-17(38-10)39-15-8-27(36,16(30)9-29)7-12-19(15)26(35)21-20(24(12)33)23(32)11-4-3-5-14(37-2)18(11)25(21)34;1-19-7-5-13(23)9-12(19)3-4-14-15-6-8-21(26,17(25)11-22)20(15,2)10-16(24)18(14)19;8-2-5-11(6-3-9)14(12)10-4-1-7-13-14/h9-13,15,20-21,26,28,37-39,47,55-56H,7-8,14,16-19,22-25H2,1-6H3;3-5,10,13,15,17,22,29,31,33,35-36H,6-9,28H2,1-2H3;5,7,9,14-15,18,22,26H,3-4,6,8,10-11H2,1-2H3;1-7H2,(H,10,12)/t28-,37-,38+,39+,42-,43+,44+,45-,46-;10-,13-,15-,17-,22+,27-;14-,15-,18+,19-,20-,21-;/m000./s1. The van der Waals surface area contributed by atoms with Crippen molar-refractivity contribution in [1.82, 2.24) is 24.5 Å². The Bertz CT molecular complexity index is 5880. The zero-order valence-corrected chi connectivity index (χ0v) is 82.1. The number of nitrogens with one attached hydrogen (secondary N) is 2. The molecule has 8 heterocycles. The monoisotopic (exact) mass is 1990 g/mol. The molecular formula is C101H126Cl2N7O28P. The second kappa shape index (κ2) is 38.9. The van der Waals surface area contributed by atoms with E-state index in [2.05, 4.69) is 25.9 Å². The largest absolute Gasteiger partial charge is 0.507 e. The van der Waals surface area contributed by atoms with Gasteiger partial charge in [0.15, 0.2) is 35.5 Å². The molecule has 0 radical (unpaired) electrons. The first-order chi connectivity index (χ1) is 66.1. The highest BCUT2D eigenvalue weighted by atomic mass is 35.5. The Morgan fingerprint density at radius 2 is 1.50 bits per heavy atom. The number of nitrogens with two attached hydrogens (primary N) is 1. The highest BCUT2D eigenvalue weighted by Gasteiger charge is 2.81. The Morgan fingerprint density at radius 1 is 0.791 bits per heavy atom. The smallest absolute Gasteiger partial charge is 0.344 e. The number of halogens is 2. The number of rotatable bonds is 20. The molecule has 8 fully saturated rings. The van der Waals surface area contributed by atoms with Crippen LogP contribution in [0.25, 0.3) is 10.9 Å². The molecule has 1 amide bonds. The number of nitrogens with zero attached hydrogens (tertiary/aromatic N) is 4. The number of allylic oxidation sites excluding steroid dienone is 4. The number of aliphatic hydroxyl groups is 7. The van der Waals surface area contributed by atoms with Crippen molar-refractivity contribution < 1.29 is 136 Å². The maximum Gasteiger partial charge on any atom is 0.344 e. The second-order valence-electron chi connectivity index (χ2n) is 40.2. The van der Waals surface area contributed by atoms with E-state index in [-0.39, 0.29) is 82.5 Å². The molecule has 7 aliphatic heterocycles. The number of Topliss-reactive ketones (excluding diaryl/α,β-unsaturated/α-hetero) is 3. The number of hydrogen-bond donors (Lipinski definition) is 12. The molecule has 23 atom stereocenters. The summed E-state index contributed by atoms with van der Waals surface area (Å²) >= 11 is 11.2. The third kappa shape index (κ3) is 16.4. The molecule has 5 aromatic rings. The predicted molar refractivity (Wildman–Crippen MR) is 506 cm³/mol. The van der Waals surface area contributed by atoms with Gasteiger partial charge in [-0.05, 0) is 143 Å². The molecule has 14 aliphatic rings. The first-order valence-electron chi connectivity index (χ1n) is 47.8. The van der Waals surface area contributed by atoms with Gasteiger partial charge >= 0.3 is 25.6 Å². The van der Waals surface area contributed by atoms with Crippen LogP contribution in [-0.4, -0.2) is 302 Å². The van der Waals surface area contributed by atoms with Crippen molar-refractivity contribution in [2.24, 2.45) is 45.7 Å². The highest BCUT2D eigenvalue weighted by Crippen LogP contribution is 2.71. The Balaban J connectivity index is 0.000000150. The van der Waals surface area contributed by atoms with Gasteiger partial charge in [-0.25, -0.2) is 14.6 Å². The summed E-state index contributed by atoms with van der Waals surface area (Å²) in [6.45, 7) is 14.2. The number of aliphatic hydroxyl groups excluding tert-OH is 3. The third-order valence-corrected chi connectivity index (χ3v) is 35.9. The number of amides is 1. The van der Waals surface area contributed by atoms with E-state index in [1.807, 2.05) is 70.2 Å². The van der Waals surface area contributed by atoms with Gasteiger partial charge in [0, 0.05) is 175 Å². The van der Waals surface area contributed by atoms with E-state index in [9.17, 15) is 93.7 Å². The van der Waals surface area contributed by atoms with Gasteiger partial charge in [-0.1, -0.05) is 81.8 Å². The van der Waals surface area contributed by atoms with Crippen molar-refractivity contribution in [2.45, 2.75) is 220 Å². The van der Waals surface area contributed by atoms with Crippen LogP contribution in [-0.2, 0) is 94.8 Å². The van der Waals surface area contributed by atoms with Crippen LogP contribution < -0.4 is 25.2 Å². The number of phenols is 2. The summed E-state index contributed by atoms with van der Waals surface area (Å²) in [4.78, 5) is 143. The van der Waals surface area contributed by atoms with E-state index in [0.717, 1.165) is 47.8 Å². The average Bonchev–Trinajstić information content (AvgIpc) is 1.48. The van der Waals surface area contributed by atoms with Crippen LogP contribution in [0.3, 0.4) is 0 Å². The molecule has 1 spiro atoms. The van der Waals surface area contributed by atoms with Crippen molar-refractivity contribution in [3.8, 4) is 23.0 Å². The SMILES string of the molecule is CC[C@]1(O)C[C@@H]2CN(CCc3c([nH]c4ccccc34)[C@@](C(=O)OC)(c3cc4c(cc3OC)N(C=O)[C@H]3[C@@](O)(C(=O)OC)[C@H](OC(C)=O)[C@]5(CC)C=CCN6CC[C@]43[C@@H]65)C2)C1.COc1cccc2c1C(=O)c1c(O)c3c(c(O)c1C2=O)C[C@@](O)(C(=O)CO)C[C@@H]3O[C@H]1C[C@H](N)[C@H](O)[C@H](C)O1.C[C@]12C=CC(=O)C=C1CC[C@@H]1[C@@H]2C(=O)C[C@@]2(C)[C@H]1CC[C@]2(O)C(=O)CO.O=P1(N(CCCl)CCCl)NCCCO1. The molecule has 38 heteroatoms. The van der Waals surface area contributed by atoms with Gasteiger partial charge in [-0.15, -0.1) is 23.2 Å². The summed E-state index contributed by atoms with van der Waals surface area (Å²) < 4.78 is 59.9. The Hall–Kier alpha value is -9.05. The van der Waals surface area contributed by atoms with E-state index < -0.39 is 196 Å². The van der Waals surface area contributed by atoms with Crippen molar-refractivity contribution in [2.75, 3.05) is 117 Å². The van der Waals surface area contributed by atoms with Gasteiger partial charge in [-0.2, -0.15) is 0 Å². The first-order valence-corrected chi connectivity index (χ1v) is 50.4. The van der Waals surface area contributed by atoms with Crippen LogP contribution >= 0.6 is 30.9 Å². The number of H-pyrrole nitrogens is 1. The summed E-state index contributed by atoms with van der Waals surface area (Å²) in [6, 6.07) is 13.6. The number of ketones is 6. The van der Waals surface area contributed by atoms with Crippen LogP contribution in [0.15, 0.2) is 90.6 Å². The molecule has 4 saturated heterocycles. The highest BCUT2D eigenvalue weighted by molar-refractivity contribution is 7.54. The quantitative estimate of drug-likeness (QED) is 0.00685. The van der Waals surface area contributed by atoms with Crippen molar-refractivity contribution in [3.63, 3.8) is 0 Å². The van der Waals surface area contributed by atoms with Crippen LogP contribution in [0.5, 0.6) is 23.0 Å². The van der Waals surface area contributed by atoms with E-state index in [1.165, 1.54) is 58.5 Å². The Morgan fingerprint density at radius 3 is 2.15 bits per heavy atom. The number of methoxy groups -OCH3 is 4. The number of alkyl halides is 2. The third-order valence-electron chi connectivity index (χ3n) is 33.3. The fourth-order valence-electron chi connectivity index (χ4n) is 27.0. The summed E-state index contributed by atoms with van der Waals surface area (Å²) in [5.41, 5.74) is -2.64. The van der Waals surface area contributed by atoms with Crippen LogP contribution in [0, 0.1) is 39.9 Å². The van der Waals surface area contributed by atoms with Gasteiger partial charge < -0.3 is 99.3 Å². The number of carbonyl (C=O) groups excluding carboxylic acids is 10. The molecule has 4 saturated carbocycles. The van der Waals surface area contributed by atoms with Crippen LogP contribution in [0.2, 0.25) is 0 Å². The molecule has 4 aromatic carbocycles. The number of aromatic nitrogens is 1. The summed E-state index contributed by atoms with van der Waals surface area (Å²) in [7, 11) is 2.57. The first kappa shape index (κ1) is 103.